The summed E-state index contributed by atoms with van der Waals surface area (Å²) in [7, 11) is 0. The predicted molar refractivity (Wildman–Crippen MR) is 75.2 cm³/mol. The molecule has 0 aliphatic rings. The molecular formula is C16H13F4NO. The van der Waals surface area contributed by atoms with E-state index in [-0.39, 0.29) is 17.8 Å². The maximum Gasteiger partial charge on any atom is 0.416 e. The standard InChI is InChI=1S/C16H13F4NO/c1-10(22)15-13(17)6-3-7-14(15)21-9-11-4-2-5-12(8-11)16(18,19)20/h2-8,21H,9H2,1H3. The van der Waals surface area contributed by atoms with Crippen LogP contribution >= 0.6 is 0 Å². The highest BCUT2D eigenvalue weighted by Gasteiger charge is 2.30. The number of benzene rings is 2. The first-order valence-corrected chi connectivity index (χ1v) is 6.48. The molecule has 2 aromatic rings. The van der Waals surface area contributed by atoms with Crippen LogP contribution in [0.15, 0.2) is 42.5 Å². The minimum absolute atomic E-state index is 0.0493. The molecule has 0 radical (unpaired) electrons. The Morgan fingerprint density at radius 3 is 2.45 bits per heavy atom. The molecule has 2 nitrogen and oxygen atoms in total. The van der Waals surface area contributed by atoms with Gasteiger partial charge in [-0.1, -0.05) is 18.2 Å². The Morgan fingerprint density at radius 1 is 1.14 bits per heavy atom. The van der Waals surface area contributed by atoms with Crippen LogP contribution < -0.4 is 5.32 Å². The second-order valence-corrected chi connectivity index (χ2v) is 4.77. The maximum atomic E-state index is 13.6. The van der Waals surface area contributed by atoms with Crippen LogP contribution in [-0.2, 0) is 12.7 Å². The molecular weight excluding hydrogens is 298 g/mol. The fourth-order valence-corrected chi connectivity index (χ4v) is 2.08. The van der Waals surface area contributed by atoms with Crippen molar-refractivity contribution in [1.82, 2.24) is 0 Å². The van der Waals surface area contributed by atoms with E-state index in [4.69, 9.17) is 0 Å². The number of Topliss-reactive ketones (excluding diaryl/α,β-unsaturated/α-hetero) is 1. The summed E-state index contributed by atoms with van der Waals surface area (Å²) < 4.78 is 51.6. The Hall–Kier alpha value is -2.37. The number of carbonyl (C=O) groups is 1. The molecule has 22 heavy (non-hydrogen) atoms. The number of ketones is 1. The Bertz CT molecular complexity index is 695. The molecule has 0 amide bonds. The lowest BCUT2D eigenvalue weighted by Gasteiger charge is -2.12. The van der Waals surface area contributed by atoms with Crippen LogP contribution in [0.4, 0.5) is 23.2 Å². The Labute approximate surface area is 124 Å². The molecule has 0 aromatic heterocycles. The minimum Gasteiger partial charge on any atom is -0.380 e. The van der Waals surface area contributed by atoms with Crippen molar-refractivity contribution < 1.29 is 22.4 Å². The van der Waals surface area contributed by atoms with Crippen molar-refractivity contribution in [1.29, 1.82) is 0 Å². The number of anilines is 1. The van der Waals surface area contributed by atoms with Crippen molar-refractivity contribution in [2.24, 2.45) is 0 Å². The smallest absolute Gasteiger partial charge is 0.380 e. The first kappa shape index (κ1) is 16.0. The number of carbonyl (C=O) groups excluding carboxylic acids is 1. The second kappa shape index (κ2) is 6.17. The third-order valence-corrected chi connectivity index (χ3v) is 3.10. The summed E-state index contributed by atoms with van der Waals surface area (Å²) in [5.41, 5.74) is -0.217. The van der Waals surface area contributed by atoms with Gasteiger partial charge in [-0.25, -0.2) is 4.39 Å². The van der Waals surface area contributed by atoms with Gasteiger partial charge in [0.05, 0.1) is 11.1 Å². The number of rotatable bonds is 4. The van der Waals surface area contributed by atoms with Crippen molar-refractivity contribution in [3.05, 3.63) is 65.0 Å². The summed E-state index contributed by atoms with van der Waals surface area (Å²) in [6, 6.07) is 8.91. The monoisotopic (exact) mass is 311 g/mol. The van der Waals surface area contributed by atoms with Crippen molar-refractivity contribution in [3.63, 3.8) is 0 Å². The Kier molecular flexibility index (Phi) is 4.49. The SMILES string of the molecule is CC(=O)c1c(F)cccc1NCc1cccc(C(F)(F)F)c1. The van der Waals surface area contributed by atoms with Crippen LogP contribution in [0.2, 0.25) is 0 Å². The molecule has 0 fully saturated rings. The van der Waals surface area contributed by atoms with Crippen molar-refractivity contribution >= 4 is 11.5 Å². The molecule has 0 atom stereocenters. The summed E-state index contributed by atoms with van der Waals surface area (Å²) >= 11 is 0. The first-order chi connectivity index (χ1) is 10.3. The van der Waals surface area contributed by atoms with E-state index in [1.807, 2.05) is 0 Å². The number of nitrogens with one attached hydrogen (secondary N) is 1. The van der Waals surface area contributed by atoms with E-state index < -0.39 is 23.3 Å². The van der Waals surface area contributed by atoms with Crippen LogP contribution in [-0.4, -0.2) is 5.78 Å². The third kappa shape index (κ3) is 3.63. The van der Waals surface area contributed by atoms with Gasteiger partial charge in [0.2, 0.25) is 0 Å². The summed E-state index contributed by atoms with van der Waals surface area (Å²) in [6.45, 7) is 1.28. The van der Waals surface area contributed by atoms with E-state index >= 15 is 0 Å². The highest BCUT2D eigenvalue weighted by atomic mass is 19.4. The zero-order chi connectivity index (χ0) is 16.3. The van der Waals surface area contributed by atoms with Crippen LogP contribution in [0.5, 0.6) is 0 Å². The summed E-state index contributed by atoms with van der Waals surface area (Å²) in [6.07, 6.45) is -4.42. The van der Waals surface area contributed by atoms with E-state index in [2.05, 4.69) is 5.32 Å². The molecule has 0 aliphatic heterocycles. The number of alkyl halides is 3. The summed E-state index contributed by atoms with van der Waals surface area (Å²) in [5.74, 6) is -1.12. The fourth-order valence-electron chi connectivity index (χ4n) is 2.08. The zero-order valence-corrected chi connectivity index (χ0v) is 11.7. The molecule has 1 N–H and O–H groups in total. The van der Waals surface area contributed by atoms with Crippen LogP contribution in [0, 0.1) is 5.82 Å². The average Bonchev–Trinajstić information content (AvgIpc) is 2.44. The molecule has 0 bridgehead atoms. The fraction of sp³-hybridized carbons (Fsp3) is 0.188. The van der Waals surface area contributed by atoms with Gasteiger partial charge in [0.1, 0.15) is 5.82 Å². The van der Waals surface area contributed by atoms with E-state index in [1.165, 1.54) is 31.2 Å². The van der Waals surface area contributed by atoms with Crippen molar-refractivity contribution in [2.45, 2.75) is 19.6 Å². The van der Waals surface area contributed by atoms with Gasteiger partial charge in [-0.05, 0) is 36.8 Å². The lowest BCUT2D eigenvalue weighted by Crippen LogP contribution is -2.09. The largest absolute Gasteiger partial charge is 0.416 e. The van der Waals surface area contributed by atoms with Gasteiger partial charge in [0.15, 0.2) is 5.78 Å². The quantitative estimate of drug-likeness (QED) is 0.657. The third-order valence-electron chi connectivity index (χ3n) is 3.10. The van der Waals surface area contributed by atoms with E-state index in [9.17, 15) is 22.4 Å². The number of hydrogen-bond acceptors (Lipinski definition) is 2. The van der Waals surface area contributed by atoms with Crippen LogP contribution in [0.25, 0.3) is 0 Å². The van der Waals surface area contributed by atoms with Gasteiger partial charge in [-0.3, -0.25) is 4.79 Å². The van der Waals surface area contributed by atoms with Crippen molar-refractivity contribution in [3.8, 4) is 0 Å². The van der Waals surface area contributed by atoms with Gasteiger partial charge >= 0.3 is 6.18 Å². The van der Waals surface area contributed by atoms with Gasteiger partial charge in [0.25, 0.3) is 0 Å². The van der Waals surface area contributed by atoms with E-state index in [0.717, 1.165) is 18.2 Å². The van der Waals surface area contributed by atoms with Crippen LogP contribution in [0.3, 0.4) is 0 Å². The lowest BCUT2D eigenvalue weighted by molar-refractivity contribution is -0.137. The maximum absolute atomic E-state index is 13.6. The Morgan fingerprint density at radius 2 is 1.82 bits per heavy atom. The first-order valence-electron chi connectivity index (χ1n) is 6.48. The zero-order valence-electron chi connectivity index (χ0n) is 11.7. The van der Waals surface area contributed by atoms with Gasteiger partial charge in [-0.2, -0.15) is 13.2 Å². The second-order valence-electron chi connectivity index (χ2n) is 4.77. The Balaban J connectivity index is 2.21. The molecule has 116 valence electrons. The highest BCUT2D eigenvalue weighted by Crippen LogP contribution is 2.29. The summed E-state index contributed by atoms with van der Waals surface area (Å²) in [4.78, 5) is 11.5. The van der Waals surface area contributed by atoms with Crippen LogP contribution in [0.1, 0.15) is 28.4 Å². The minimum atomic E-state index is -4.42. The highest BCUT2D eigenvalue weighted by molar-refractivity contribution is 5.99. The van der Waals surface area contributed by atoms with Gasteiger partial charge in [0, 0.05) is 12.2 Å². The summed E-state index contributed by atoms with van der Waals surface area (Å²) in [5, 5.41) is 2.80. The average molecular weight is 311 g/mol. The van der Waals surface area contributed by atoms with Gasteiger partial charge < -0.3 is 5.32 Å². The molecule has 0 heterocycles. The van der Waals surface area contributed by atoms with E-state index in [0.29, 0.717) is 5.56 Å². The topological polar surface area (TPSA) is 29.1 Å². The van der Waals surface area contributed by atoms with Gasteiger partial charge in [-0.15, -0.1) is 0 Å². The molecule has 2 rings (SSSR count). The predicted octanol–water partition coefficient (Wildman–Crippen LogP) is 4.66. The molecule has 0 aliphatic carbocycles. The van der Waals surface area contributed by atoms with E-state index in [1.54, 1.807) is 0 Å². The molecule has 0 unspecified atom stereocenters. The number of halogens is 4. The molecule has 6 heteroatoms. The molecule has 0 spiro atoms. The lowest BCUT2D eigenvalue weighted by atomic mass is 10.1. The molecule has 0 saturated carbocycles. The van der Waals surface area contributed by atoms with Crippen molar-refractivity contribution in [2.75, 3.05) is 5.32 Å². The number of hydrogen-bond donors (Lipinski definition) is 1. The molecule has 0 saturated heterocycles. The normalized spacial score (nSPS) is 11.3. The molecule has 2 aromatic carbocycles.